The lowest BCUT2D eigenvalue weighted by Crippen LogP contribution is -2.20. The molecule has 38 heavy (non-hydrogen) atoms. The van der Waals surface area contributed by atoms with Crippen molar-refractivity contribution in [1.82, 2.24) is 40.4 Å². The number of imidazole rings is 1. The van der Waals surface area contributed by atoms with Crippen molar-refractivity contribution < 1.29 is 4.39 Å². The number of fused-ring (bicyclic) bond motifs is 2. The molecule has 0 unspecified atom stereocenters. The summed E-state index contributed by atoms with van der Waals surface area (Å²) in [6, 6.07) is 5.82. The van der Waals surface area contributed by atoms with Crippen LogP contribution in [0.4, 0.5) is 4.39 Å². The van der Waals surface area contributed by atoms with Gasteiger partial charge in [0.2, 0.25) is 0 Å². The van der Waals surface area contributed by atoms with Crippen molar-refractivity contribution in [1.29, 1.82) is 0 Å². The van der Waals surface area contributed by atoms with Crippen LogP contribution in [0.2, 0.25) is 0 Å². The summed E-state index contributed by atoms with van der Waals surface area (Å²) in [6.45, 7) is 1.69. The normalized spacial score (nSPS) is 14.2. The molecule has 6 heterocycles. The highest BCUT2D eigenvalue weighted by Gasteiger charge is 2.22. The van der Waals surface area contributed by atoms with Gasteiger partial charge < -0.3 is 10.3 Å². The molecular formula is C28H25FN8S. The summed E-state index contributed by atoms with van der Waals surface area (Å²) >= 11 is 1.60. The first-order valence-electron chi connectivity index (χ1n) is 12.8. The van der Waals surface area contributed by atoms with Crippen LogP contribution in [0.3, 0.4) is 0 Å². The van der Waals surface area contributed by atoms with Gasteiger partial charge in [-0.05, 0) is 54.4 Å². The van der Waals surface area contributed by atoms with Gasteiger partial charge in [-0.25, -0.2) is 9.37 Å². The number of aromatic nitrogens is 7. The first kappa shape index (κ1) is 23.1. The number of hydrogen-bond donors (Lipinski definition) is 3. The number of aromatic amines is 2. The van der Waals surface area contributed by atoms with Gasteiger partial charge in [0.1, 0.15) is 16.9 Å². The van der Waals surface area contributed by atoms with E-state index in [1.165, 1.54) is 25.7 Å². The molecule has 3 N–H and O–H groups in total. The summed E-state index contributed by atoms with van der Waals surface area (Å²) in [5.41, 5.74) is 6.06. The van der Waals surface area contributed by atoms with Gasteiger partial charge in [0.05, 0.1) is 28.3 Å². The monoisotopic (exact) mass is 524 g/mol. The highest BCUT2D eigenvalue weighted by atomic mass is 32.1. The molecule has 0 radical (unpaired) electrons. The molecule has 0 atom stereocenters. The van der Waals surface area contributed by atoms with Gasteiger partial charge in [-0.3, -0.25) is 20.1 Å². The van der Waals surface area contributed by atoms with Crippen molar-refractivity contribution >= 4 is 33.3 Å². The summed E-state index contributed by atoms with van der Waals surface area (Å²) in [5.74, 6) is 0.762. The van der Waals surface area contributed by atoms with Crippen LogP contribution in [-0.2, 0) is 6.54 Å². The molecule has 0 amide bonds. The highest BCUT2D eigenvalue weighted by molar-refractivity contribution is 7.08. The van der Waals surface area contributed by atoms with E-state index in [0.717, 1.165) is 34.8 Å². The highest BCUT2D eigenvalue weighted by Crippen LogP contribution is 2.34. The molecule has 0 aliphatic heterocycles. The van der Waals surface area contributed by atoms with Gasteiger partial charge in [0, 0.05) is 41.6 Å². The zero-order valence-electron chi connectivity index (χ0n) is 20.5. The van der Waals surface area contributed by atoms with Crippen molar-refractivity contribution in [2.45, 2.75) is 32.2 Å². The van der Waals surface area contributed by atoms with Gasteiger partial charge in [0.25, 0.3) is 0 Å². The fourth-order valence-corrected chi connectivity index (χ4v) is 6.00. The summed E-state index contributed by atoms with van der Waals surface area (Å²) in [4.78, 5) is 21.4. The minimum Gasteiger partial charge on any atom is -0.336 e. The Morgan fingerprint density at radius 1 is 1.00 bits per heavy atom. The van der Waals surface area contributed by atoms with E-state index in [1.807, 2.05) is 35.2 Å². The molecule has 7 rings (SSSR count). The summed E-state index contributed by atoms with van der Waals surface area (Å²) in [5, 5.41) is 15.2. The van der Waals surface area contributed by atoms with Crippen LogP contribution in [-0.4, -0.2) is 41.7 Å². The van der Waals surface area contributed by atoms with Crippen molar-refractivity contribution in [2.24, 2.45) is 5.92 Å². The van der Waals surface area contributed by atoms with E-state index in [1.54, 1.807) is 29.9 Å². The zero-order valence-corrected chi connectivity index (χ0v) is 21.4. The maximum Gasteiger partial charge on any atom is 0.161 e. The smallest absolute Gasteiger partial charge is 0.161 e. The molecule has 10 heteroatoms. The number of pyridine rings is 3. The number of rotatable bonds is 7. The Balaban J connectivity index is 1.23. The van der Waals surface area contributed by atoms with Crippen LogP contribution in [0, 0.1) is 11.7 Å². The Morgan fingerprint density at radius 3 is 2.79 bits per heavy atom. The number of thiophene rings is 1. The summed E-state index contributed by atoms with van der Waals surface area (Å²) in [7, 11) is 0. The first-order valence-corrected chi connectivity index (χ1v) is 13.7. The Bertz CT molecular complexity index is 1730. The van der Waals surface area contributed by atoms with E-state index in [0.29, 0.717) is 40.0 Å². The quantitative estimate of drug-likeness (QED) is 0.233. The molecule has 1 saturated carbocycles. The Morgan fingerprint density at radius 2 is 1.92 bits per heavy atom. The molecule has 8 nitrogen and oxygen atoms in total. The van der Waals surface area contributed by atoms with E-state index in [4.69, 9.17) is 4.98 Å². The third-order valence-electron chi connectivity index (χ3n) is 7.27. The molecular weight excluding hydrogens is 499 g/mol. The largest absolute Gasteiger partial charge is 0.336 e. The average molecular weight is 525 g/mol. The lowest BCUT2D eigenvalue weighted by molar-refractivity contribution is 0.489. The Kier molecular flexibility index (Phi) is 5.90. The predicted octanol–water partition coefficient (Wildman–Crippen LogP) is 6.11. The molecule has 6 aromatic rings. The molecule has 190 valence electrons. The molecule has 0 saturated heterocycles. The first-order chi connectivity index (χ1) is 18.7. The molecule has 1 fully saturated rings. The van der Waals surface area contributed by atoms with Crippen molar-refractivity contribution in [3.63, 3.8) is 0 Å². The van der Waals surface area contributed by atoms with Crippen LogP contribution in [0.25, 0.3) is 56.0 Å². The maximum atomic E-state index is 16.1. The number of H-pyrrole nitrogens is 2. The predicted molar refractivity (Wildman–Crippen MR) is 147 cm³/mol. The number of hydrogen-bond acceptors (Lipinski definition) is 7. The fraction of sp³-hybridized carbons (Fsp3) is 0.250. The molecule has 1 aliphatic rings. The summed E-state index contributed by atoms with van der Waals surface area (Å²) < 4.78 is 16.1. The van der Waals surface area contributed by atoms with Crippen LogP contribution in [0.15, 0.2) is 53.7 Å². The number of nitrogens with one attached hydrogen (secondary N) is 3. The second-order valence-electron chi connectivity index (χ2n) is 9.80. The number of nitrogens with zero attached hydrogens (tertiary/aromatic N) is 5. The third-order valence-corrected chi connectivity index (χ3v) is 7.95. The third kappa shape index (κ3) is 4.15. The second kappa shape index (κ2) is 9.70. The van der Waals surface area contributed by atoms with Gasteiger partial charge in [-0.1, -0.05) is 12.8 Å². The molecule has 0 aromatic carbocycles. The lowest BCUT2D eigenvalue weighted by atomic mass is 10.1. The van der Waals surface area contributed by atoms with E-state index in [9.17, 15) is 0 Å². The maximum absolute atomic E-state index is 16.1. The number of halogens is 1. The lowest BCUT2D eigenvalue weighted by Gasteiger charge is -2.11. The minimum absolute atomic E-state index is 0.238. The van der Waals surface area contributed by atoms with E-state index in [2.05, 4.69) is 35.5 Å². The van der Waals surface area contributed by atoms with E-state index in [-0.39, 0.29) is 5.69 Å². The summed E-state index contributed by atoms with van der Waals surface area (Å²) in [6.07, 6.45) is 12.1. The molecule has 1 aliphatic carbocycles. The second-order valence-corrected chi connectivity index (χ2v) is 10.6. The SMILES string of the molecule is Fc1c(-c2cncc(CNCC3CCCC3)c2)ncc2[nH]nc(-c3nc4c(-c5ccsc5)nccc4[nH]3)c12. The van der Waals surface area contributed by atoms with Crippen LogP contribution in [0.5, 0.6) is 0 Å². The van der Waals surface area contributed by atoms with Gasteiger partial charge in [-0.15, -0.1) is 0 Å². The van der Waals surface area contributed by atoms with Crippen molar-refractivity contribution in [3.05, 3.63) is 65.1 Å². The molecule has 0 bridgehead atoms. The molecule has 6 aromatic heterocycles. The minimum atomic E-state index is -0.458. The van der Waals surface area contributed by atoms with E-state index < -0.39 is 5.82 Å². The standard InChI is InChI=1S/C28H25FN8S/c29-23-22-21(14-33-24(23)19-9-17(12-31-13-19)11-30-10-16-3-1-2-4-16)36-37-27(22)28-34-20-5-7-32-25(26(20)35-28)18-6-8-38-15-18/h5-9,12-16,30H,1-4,10-11H2,(H,34,35)(H,36,37). The Labute approximate surface area is 221 Å². The zero-order chi connectivity index (χ0) is 25.5. The van der Waals surface area contributed by atoms with Gasteiger partial charge in [0.15, 0.2) is 11.6 Å². The van der Waals surface area contributed by atoms with Crippen LogP contribution >= 0.6 is 11.3 Å². The topological polar surface area (TPSA) is 108 Å². The van der Waals surface area contributed by atoms with Crippen molar-refractivity contribution in [3.8, 4) is 34.0 Å². The van der Waals surface area contributed by atoms with Crippen molar-refractivity contribution in [2.75, 3.05) is 6.54 Å². The fourth-order valence-electron chi connectivity index (χ4n) is 5.35. The van der Waals surface area contributed by atoms with Crippen LogP contribution < -0.4 is 5.32 Å². The average Bonchev–Trinajstić information content (AvgIpc) is 3.75. The Hall–Kier alpha value is -4.02. The molecule has 0 spiro atoms. The van der Waals surface area contributed by atoms with E-state index >= 15 is 4.39 Å². The van der Waals surface area contributed by atoms with Gasteiger partial charge in [-0.2, -0.15) is 16.4 Å². The van der Waals surface area contributed by atoms with Gasteiger partial charge >= 0.3 is 0 Å². The van der Waals surface area contributed by atoms with Crippen LogP contribution in [0.1, 0.15) is 31.2 Å².